The van der Waals surface area contributed by atoms with E-state index in [1.807, 2.05) is 44.2 Å². The van der Waals surface area contributed by atoms with Crippen LogP contribution in [0.25, 0.3) is 21.8 Å². The summed E-state index contributed by atoms with van der Waals surface area (Å²) in [5.74, 6) is -0.743. The van der Waals surface area contributed by atoms with E-state index in [9.17, 15) is 14.0 Å². The number of pyridine rings is 1. The SMILES string of the molecule is CC(C)OC(=O)COC(CCN(C)CCCCn1c(=O)n(Cc2ccccn2)c2ccc(F)cc21)c1ccc2ccccc2c1.Cl.Cl. The number of aryl methyl sites for hydroxylation is 1. The first-order chi connectivity index (χ1) is 21.8. The minimum absolute atomic E-state index is 0. The van der Waals surface area contributed by atoms with Crippen molar-refractivity contribution in [3.63, 3.8) is 0 Å². The van der Waals surface area contributed by atoms with Crippen molar-refractivity contribution >= 4 is 52.6 Å². The molecule has 0 N–H and O–H groups in total. The van der Waals surface area contributed by atoms with Gasteiger partial charge in [0.2, 0.25) is 0 Å². The molecule has 0 bridgehead atoms. The maximum absolute atomic E-state index is 14.2. The molecule has 5 aromatic rings. The van der Waals surface area contributed by atoms with Crippen LogP contribution in [-0.4, -0.2) is 57.8 Å². The third kappa shape index (κ3) is 10.1. The number of aromatic nitrogens is 3. The number of halogens is 3. The number of fused-ring (bicyclic) bond motifs is 2. The van der Waals surface area contributed by atoms with E-state index in [0.717, 1.165) is 48.0 Å². The summed E-state index contributed by atoms with van der Waals surface area (Å²) in [5, 5.41) is 2.27. The van der Waals surface area contributed by atoms with Crippen LogP contribution in [0.1, 0.15) is 50.5 Å². The number of carbonyl (C=O) groups is 1. The molecule has 5 rings (SSSR count). The Bertz CT molecular complexity index is 1790. The zero-order valence-corrected chi connectivity index (χ0v) is 28.6. The molecule has 0 spiro atoms. The van der Waals surface area contributed by atoms with Gasteiger partial charge in [-0.25, -0.2) is 14.0 Å². The van der Waals surface area contributed by atoms with Crippen LogP contribution in [0.15, 0.2) is 89.9 Å². The van der Waals surface area contributed by atoms with Gasteiger partial charge in [-0.2, -0.15) is 0 Å². The van der Waals surface area contributed by atoms with Crippen molar-refractivity contribution in [2.45, 2.75) is 58.4 Å². The van der Waals surface area contributed by atoms with Crippen molar-refractivity contribution in [1.29, 1.82) is 0 Å². The lowest BCUT2D eigenvalue weighted by Gasteiger charge is -2.23. The van der Waals surface area contributed by atoms with Crippen LogP contribution < -0.4 is 5.69 Å². The monoisotopic (exact) mass is 684 g/mol. The van der Waals surface area contributed by atoms with Gasteiger partial charge in [0, 0.05) is 19.3 Å². The van der Waals surface area contributed by atoms with Gasteiger partial charge >= 0.3 is 11.7 Å². The van der Waals surface area contributed by atoms with Crippen LogP contribution in [0, 0.1) is 5.82 Å². The van der Waals surface area contributed by atoms with Gasteiger partial charge in [0.05, 0.1) is 35.5 Å². The van der Waals surface area contributed by atoms with E-state index in [4.69, 9.17) is 9.47 Å². The van der Waals surface area contributed by atoms with Crippen LogP contribution in [-0.2, 0) is 27.4 Å². The predicted octanol–water partition coefficient (Wildman–Crippen LogP) is 7.19. The summed E-state index contributed by atoms with van der Waals surface area (Å²) in [6.45, 7) is 5.92. The van der Waals surface area contributed by atoms with E-state index < -0.39 is 0 Å². The molecule has 0 fully saturated rings. The molecule has 0 saturated carbocycles. The highest BCUT2D eigenvalue weighted by molar-refractivity contribution is 5.85. The van der Waals surface area contributed by atoms with E-state index in [0.29, 0.717) is 30.5 Å². The van der Waals surface area contributed by atoms with Crippen molar-refractivity contribution in [3.05, 3.63) is 113 Å². The highest BCUT2D eigenvalue weighted by atomic mass is 35.5. The zero-order valence-electron chi connectivity index (χ0n) is 27.0. The number of rotatable bonds is 15. The van der Waals surface area contributed by atoms with Crippen molar-refractivity contribution in [1.82, 2.24) is 19.0 Å². The van der Waals surface area contributed by atoms with E-state index in [-0.39, 0.29) is 61.1 Å². The van der Waals surface area contributed by atoms with Gasteiger partial charge < -0.3 is 14.4 Å². The summed E-state index contributed by atoms with van der Waals surface area (Å²) in [6.07, 6.45) is 3.55. The Morgan fingerprint density at radius 3 is 2.40 bits per heavy atom. The summed E-state index contributed by atoms with van der Waals surface area (Å²) in [7, 11) is 2.06. The molecule has 11 heteroatoms. The number of benzene rings is 3. The lowest BCUT2D eigenvalue weighted by atomic mass is 10.0. The second-order valence-corrected chi connectivity index (χ2v) is 11.7. The first-order valence-electron chi connectivity index (χ1n) is 15.6. The molecule has 2 heterocycles. The summed E-state index contributed by atoms with van der Waals surface area (Å²) >= 11 is 0. The largest absolute Gasteiger partial charge is 0.461 e. The molecular weight excluding hydrogens is 642 g/mol. The third-order valence-corrected chi connectivity index (χ3v) is 7.89. The van der Waals surface area contributed by atoms with Gasteiger partial charge in [-0.05, 0) is 99.4 Å². The standard InChI is InChI=1S/C36H41FN4O4.2ClH/c1-26(2)45-35(42)25-44-34(29-14-13-27-10-4-5-11-28(27)22-29)17-21-39(3)19-8-9-20-40-33-23-30(37)15-16-32(33)41(36(40)43)24-31-12-6-7-18-38-31;;/h4-7,10-16,18,22-23,26,34H,8-9,17,19-21,24-25H2,1-3H3;2*1H. The van der Waals surface area contributed by atoms with Gasteiger partial charge in [-0.15, -0.1) is 24.8 Å². The molecule has 0 amide bonds. The molecular formula is C36H43Cl2FN4O4. The van der Waals surface area contributed by atoms with E-state index >= 15 is 0 Å². The van der Waals surface area contributed by atoms with Gasteiger partial charge in [0.15, 0.2) is 0 Å². The van der Waals surface area contributed by atoms with Gasteiger partial charge in [0.1, 0.15) is 12.4 Å². The quantitative estimate of drug-likeness (QED) is 0.0858. The fraction of sp³-hybridized carbons (Fsp3) is 0.361. The number of hydrogen-bond donors (Lipinski definition) is 0. The van der Waals surface area contributed by atoms with Gasteiger partial charge in [-0.3, -0.25) is 14.1 Å². The van der Waals surface area contributed by atoms with Crippen molar-refractivity contribution in [2.75, 3.05) is 26.7 Å². The van der Waals surface area contributed by atoms with Crippen LogP contribution in [0.5, 0.6) is 0 Å². The minimum atomic E-state index is -0.374. The number of hydrogen-bond acceptors (Lipinski definition) is 6. The lowest BCUT2D eigenvalue weighted by molar-refractivity contribution is -0.155. The number of carbonyl (C=O) groups excluding carboxylic acids is 1. The Morgan fingerprint density at radius 2 is 1.66 bits per heavy atom. The summed E-state index contributed by atoms with van der Waals surface area (Å²) < 4.78 is 28.9. The normalized spacial score (nSPS) is 11.9. The molecule has 0 aliphatic rings. The fourth-order valence-corrected chi connectivity index (χ4v) is 5.64. The molecule has 8 nitrogen and oxygen atoms in total. The second kappa shape index (κ2) is 18.0. The third-order valence-electron chi connectivity index (χ3n) is 7.89. The van der Waals surface area contributed by atoms with Crippen LogP contribution in [0.2, 0.25) is 0 Å². The number of esters is 1. The van der Waals surface area contributed by atoms with Gasteiger partial charge in [-0.1, -0.05) is 42.5 Å². The molecule has 1 atom stereocenters. The summed E-state index contributed by atoms with van der Waals surface area (Å²) in [4.78, 5) is 32.2. The molecule has 1 unspecified atom stereocenters. The van der Waals surface area contributed by atoms with E-state index in [1.165, 1.54) is 12.1 Å². The number of ether oxygens (including phenoxy) is 2. The topological polar surface area (TPSA) is 78.6 Å². The fourth-order valence-electron chi connectivity index (χ4n) is 5.64. The molecule has 252 valence electrons. The summed E-state index contributed by atoms with van der Waals surface area (Å²) in [5.41, 5.74) is 2.92. The highest BCUT2D eigenvalue weighted by Gasteiger charge is 2.18. The minimum Gasteiger partial charge on any atom is -0.461 e. The first kappa shape index (κ1) is 37.7. The predicted molar refractivity (Wildman–Crippen MR) is 189 cm³/mol. The van der Waals surface area contributed by atoms with E-state index in [2.05, 4.69) is 47.3 Å². The average Bonchev–Trinajstić information content (AvgIpc) is 3.28. The Hall–Kier alpha value is -3.76. The summed E-state index contributed by atoms with van der Waals surface area (Å²) in [6, 6.07) is 24.5. The molecule has 0 aliphatic heterocycles. The highest BCUT2D eigenvalue weighted by Crippen LogP contribution is 2.26. The molecule has 0 aliphatic carbocycles. The van der Waals surface area contributed by atoms with Crippen molar-refractivity contribution in [2.24, 2.45) is 0 Å². The molecule has 47 heavy (non-hydrogen) atoms. The Kier molecular flexibility index (Phi) is 14.4. The molecule has 2 aromatic heterocycles. The average molecular weight is 686 g/mol. The van der Waals surface area contributed by atoms with Crippen molar-refractivity contribution < 1.29 is 18.7 Å². The van der Waals surface area contributed by atoms with Crippen LogP contribution in [0.4, 0.5) is 4.39 Å². The zero-order chi connectivity index (χ0) is 31.8. The van der Waals surface area contributed by atoms with Crippen molar-refractivity contribution in [3.8, 4) is 0 Å². The lowest BCUT2D eigenvalue weighted by Crippen LogP contribution is -2.26. The second-order valence-electron chi connectivity index (χ2n) is 11.7. The van der Waals surface area contributed by atoms with Crippen LogP contribution >= 0.6 is 24.8 Å². The van der Waals surface area contributed by atoms with E-state index in [1.54, 1.807) is 21.4 Å². The number of unbranched alkanes of at least 4 members (excludes halogenated alkanes) is 1. The first-order valence-corrected chi connectivity index (χ1v) is 15.6. The van der Waals surface area contributed by atoms with Gasteiger partial charge in [0.25, 0.3) is 0 Å². The number of imidazole rings is 1. The molecule has 0 radical (unpaired) electrons. The Morgan fingerprint density at radius 1 is 0.894 bits per heavy atom. The maximum atomic E-state index is 14.2. The van der Waals surface area contributed by atoms with Crippen LogP contribution in [0.3, 0.4) is 0 Å². The Labute approximate surface area is 287 Å². The molecule has 0 saturated heterocycles. The molecule has 3 aromatic carbocycles. The number of nitrogens with zero attached hydrogens (tertiary/aromatic N) is 4. The smallest absolute Gasteiger partial charge is 0.332 e. The maximum Gasteiger partial charge on any atom is 0.332 e. The Balaban J connectivity index is 0.00000300.